The third kappa shape index (κ3) is 4.78. The average molecular weight is 248 g/mol. The summed E-state index contributed by atoms with van der Waals surface area (Å²) >= 11 is 0. The molecule has 5 nitrogen and oxygen atoms in total. The molecule has 0 heterocycles. The van der Waals surface area contributed by atoms with E-state index >= 15 is 0 Å². The number of rotatable bonds is 5. The molecule has 18 heavy (non-hydrogen) atoms. The molecule has 0 saturated carbocycles. The number of hydrogen-bond acceptors (Lipinski definition) is 3. The smallest absolute Gasteiger partial charge is 0.309 e. The van der Waals surface area contributed by atoms with E-state index in [1.54, 1.807) is 24.3 Å². The van der Waals surface area contributed by atoms with Gasteiger partial charge in [-0.3, -0.25) is 14.6 Å². The minimum absolute atomic E-state index is 0.0516. The number of carbonyl (C=O) groups is 2. The van der Waals surface area contributed by atoms with Crippen LogP contribution in [0.15, 0.2) is 29.3 Å². The third-order valence-electron chi connectivity index (χ3n) is 2.24. The first-order chi connectivity index (χ1) is 8.51. The van der Waals surface area contributed by atoms with Gasteiger partial charge < -0.3 is 10.4 Å². The second-order valence-electron chi connectivity index (χ2n) is 3.83. The van der Waals surface area contributed by atoms with Gasteiger partial charge in [0.2, 0.25) is 5.91 Å². The van der Waals surface area contributed by atoms with E-state index in [0.717, 1.165) is 0 Å². The lowest BCUT2D eigenvalue weighted by atomic mass is 10.2. The van der Waals surface area contributed by atoms with Crippen molar-refractivity contribution in [2.75, 3.05) is 5.32 Å². The number of nitrogens with one attached hydrogen (secondary N) is 1. The summed E-state index contributed by atoms with van der Waals surface area (Å²) < 4.78 is 0. The van der Waals surface area contributed by atoms with Gasteiger partial charge in [-0.15, -0.1) is 0 Å². The number of carbonyl (C=O) groups excluding carboxylic acids is 1. The van der Waals surface area contributed by atoms with Gasteiger partial charge in [0.15, 0.2) is 0 Å². The van der Waals surface area contributed by atoms with Gasteiger partial charge >= 0.3 is 5.97 Å². The quantitative estimate of drug-likeness (QED) is 0.786. The van der Waals surface area contributed by atoms with Gasteiger partial charge in [0.25, 0.3) is 0 Å². The third-order valence-corrected chi connectivity index (χ3v) is 2.24. The lowest BCUT2D eigenvalue weighted by Crippen LogP contribution is -2.06. The highest BCUT2D eigenvalue weighted by Crippen LogP contribution is 2.17. The molecule has 0 saturated heterocycles. The number of benzene rings is 1. The SMILES string of the molecule is CCC(CC(=O)O)=Nc1ccc(NC(C)=O)cc1. The van der Waals surface area contributed by atoms with Crippen LogP contribution < -0.4 is 5.32 Å². The van der Waals surface area contributed by atoms with Crippen molar-refractivity contribution in [3.05, 3.63) is 24.3 Å². The van der Waals surface area contributed by atoms with Gasteiger partial charge in [0.1, 0.15) is 0 Å². The fraction of sp³-hybridized carbons (Fsp3) is 0.308. The van der Waals surface area contributed by atoms with Gasteiger partial charge in [0.05, 0.1) is 12.1 Å². The summed E-state index contributed by atoms with van der Waals surface area (Å²) in [7, 11) is 0. The lowest BCUT2D eigenvalue weighted by molar-refractivity contribution is -0.135. The van der Waals surface area contributed by atoms with E-state index in [-0.39, 0.29) is 12.3 Å². The molecule has 1 rings (SSSR count). The average Bonchev–Trinajstić information content (AvgIpc) is 2.29. The van der Waals surface area contributed by atoms with Crippen LogP contribution in [-0.2, 0) is 9.59 Å². The Morgan fingerprint density at radius 3 is 2.33 bits per heavy atom. The summed E-state index contributed by atoms with van der Waals surface area (Å²) in [5, 5.41) is 11.4. The summed E-state index contributed by atoms with van der Waals surface area (Å²) in [5.74, 6) is -1.02. The van der Waals surface area contributed by atoms with Crippen molar-refractivity contribution in [3.8, 4) is 0 Å². The minimum Gasteiger partial charge on any atom is -0.481 e. The van der Waals surface area contributed by atoms with Crippen molar-refractivity contribution in [1.82, 2.24) is 0 Å². The van der Waals surface area contributed by atoms with Crippen LogP contribution in [0.5, 0.6) is 0 Å². The molecule has 0 bridgehead atoms. The maximum absolute atomic E-state index is 10.8. The van der Waals surface area contributed by atoms with Crippen molar-refractivity contribution in [2.45, 2.75) is 26.7 Å². The van der Waals surface area contributed by atoms with E-state index in [0.29, 0.717) is 23.5 Å². The van der Waals surface area contributed by atoms with Gasteiger partial charge in [-0.1, -0.05) is 6.92 Å². The number of amides is 1. The van der Waals surface area contributed by atoms with Crippen molar-refractivity contribution >= 4 is 29.0 Å². The Labute approximate surface area is 106 Å². The Balaban J connectivity index is 2.80. The fourth-order valence-electron chi connectivity index (χ4n) is 1.42. The standard InChI is InChI=1S/C13H16N2O3/c1-3-10(8-13(17)18)15-12-6-4-11(5-7-12)14-9(2)16/h4-7H,3,8H2,1-2H3,(H,14,16)(H,17,18). The van der Waals surface area contributed by atoms with Gasteiger partial charge in [-0.2, -0.15) is 0 Å². The Morgan fingerprint density at radius 1 is 1.28 bits per heavy atom. The van der Waals surface area contributed by atoms with Crippen molar-refractivity contribution in [1.29, 1.82) is 0 Å². The molecule has 0 fully saturated rings. The van der Waals surface area contributed by atoms with E-state index in [1.165, 1.54) is 6.92 Å². The second kappa shape index (κ2) is 6.54. The minimum atomic E-state index is -0.884. The zero-order valence-electron chi connectivity index (χ0n) is 10.4. The zero-order chi connectivity index (χ0) is 13.5. The topological polar surface area (TPSA) is 78.8 Å². The van der Waals surface area contributed by atoms with Crippen molar-refractivity contribution in [3.63, 3.8) is 0 Å². The molecular formula is C13H16N2O3. The summed E-state index contributed by atoms with van der Waals surface area (Å²) in [6.45, 7) is 3.31. The molecule has 0 spiro atoms. The van der Waals surface area contributed by atoms with Gasteiger partial charge in [-0.05, 0) is 30.7 Å². The number of anilines is 1. The molecule has 0 aliphatic rings. The summed E-state index contributed by atoms with van der Waals surface area (Å²) in [5.41, 5.74) is 2.00. The first kappa shape index (κ1) is 13.9. The highest BCUT2D eigenvalue weighted by molar-refractivity contribution is 5.99. The normalized spacial score (nSPS) is 11.1. The van der Waals surface area contributed by atoms with E-state index in [4.69, 9.17) is 5.11 Å². The maximum atomic E-state index is 10.8. The first-order valence-corrected chi connectivity index (χ1v) is 5.67. The fourth-order valence-corrected chi connectivity index (χ4v) is 1.42. The molecule has 0 aromatic heterocycles. The first-order valence-electron chi connectivity index (χ1n) is 5.67. The lowest BCUT2D eigenvalue weighted by Gasteiger charge is -2.03. The van der Waals surface area contributed by atoms with Crippen LogP contribution in [0.4, 0.5) is 11.4 Å². The highest BCUT2D eigenvalue weighted by atomic mass is 16.4. The number of aliphatic carboxylic acids is 1. The molecule has 5 heteroatoms. The largest absolute Gasteiger partial charge is 0.481 e. The number of hydrogen-bond donors (Lipinski definition) is 2. The van der Waals surface area contributed by atoms with Crippen molar-refractivity contribution in [2.24, 2.45) is 4.99 Å². The Morgan fingerprint density at radius 2 is 1.89 bits per heavy atom. The van der Waals surface area contributed by atoms with E-state index < -0.39 is 5.97 Å². The zero-order valence-corrected chi connectivity index (χ0v) is 10.4. The van der Waals surface area contributed by atoms with Crippen molar-refractivity contribution < 1.29 is 14.7 Å². The van der Waals surface area contributed by atoms with Gasteiger partial charge in [-0.25, -0.2) is 0 Å². The van der Waals surface area contributed by atoms with E-state index in [2.05, 4.69) is 10.3 Å². The summed E-state index contributed by atoms with van der Waals surface area (Å²) in [6, 6.07) is 6.94. The summed E-state index contributed by atoms with van der Waals surface area (Å²) in [4.78, 5) is 25.7. The summed E-state index contributed by atoms with van der Waals surface area (Å²) in [6.07, 6.45) is 0.545. The molecule has 0 aliphatic carbocycles. The molecule has 2 N–H and O–H groups in total. The molecule has 0 atom stereocenters. The van der Waals surface area contributed by atoms with Crippen LogP contribution in [0.1, 0.15) is 26.7 Å². The molecule has 0 radical (unpaired) electrons. The van der Waals surface area contributed by atoms with Crippen LogP contribution >= 0.6 is 0 Å². The maximum Gasteiger partial charge on any atom is 0.309 e. The Kier molecular flexibility index (Phi) is 5.05. The molecular weight excluding hydrogens is 232 g/mol. The van der Waals surface area contributed by atoms with Crippen LogP contribution in [0, 0.1) is 0 Å². The number of nitrogens with zero attached hydrogens (tertiary/aromatic N) is 1. The predicted octanol–water partition coefficient (Wildman–Crippen LogP) is 2.60. The molecule has 0 aliphatic heterocycles. The van der Waals surface area contributed by atoms with Gasteiger partial charge in [0, 0.05) is 18.3 Å². The molecule has 96 valence electrons. The molecule has 1 aromatic carbocycles. The Bertz CT molecular complexity index is 464. The van der Waals surface area contributed by atoms with E-state index in [1.807, 2.05) is 6.92 Å². The predicted molar refractivity (Wildman–Crippen MR) is 70.4 cm³/mol. The van der Waals surface area contributed by atoms with E-state index in [9.17, 15) is 9.59 Å². The van der Waals surface area contributed by atoms with Crippen LogP contribution in [0.2, 0.25) is 0 Å². The second-order valence-corrected chi connectivity index (χ2v) is 3.83. The number of aliphatic imine (C=N–C) groups is 1. The molecule has 1 amide bonds. The Hall–Kier alpha value is -2.17. The van der Waals surface area contributed by atoms with Crippen LogP contribution in [0.25, 0.3) is 0 Å². The number of carboxylic acid groups (broad SMARTS) is 1. The van der Waals surface area contributed by atoms with Crippen LogP contribution in [-0.4, -0.2) is 22.7 Å². The molecule has 0 unspecified atom stereocenters. The molecule has 1 aromatic rings. The van der Waals surface area contributed by atoms with Crippen LogP contribution in [0.3, 0.4) is 0 Å². The highest BCUT2D eigenvalue weighted by Gasteiger charge is 2.03. The monoisotopic (exact) mass is 248 g/mol. The number of carboxylic acids is 1.